The molecule has 4 heterocycles. The average Bonchev–Trinajstić information content (AvgIpc) is 3.58. The molecule has 0 spiro atoms. The van der Waals surface area contributed by atoms with Crippen LogP contribution in [0.4, 0.5) is 4.39 Å². The molecule has 0 saturated heterocycles. The van der Waals surface area contributed by atoms with E-state index in [0.29, 0.717) is 81.0 Å². The molecule has 1 fully saturated rings. The van der Waals surface area contributed by atoms with Gasteiger partial charge in [-0.1, -0.05) is 6.42 Å². The molecular formula is C30H38FN5O4. The lowest BCUT2D eigenvalue weighted by molar-refractivity contribution is -0.120. The molecule has 1 saturated carbocycles. The van der Waals surface area contributed by atoms with Crippen LogP contribution >= 0.6 is 0 Å². The molecule has 4 aromatic rings. The smallest absolute Gasteiger partial charge is 0.163 e. The van der Waals surface area contributed by atoms with E-state index < -0.39 is 5.82 Å². The summed E-state index contributed by atoms with van der Waals surface area (Å²) >= 11 is 0. The first-order chi connectivity index (χ1) is 19.6. The fourth-order valence-corrected chi connectivity index (χ4v) is 5.61. The SMILES string of the molecule is CCOCCOCCOCCCC(=O)C[C@H]1CCC[C@@H](n2ccc3cnc(-c4c[nH]c5ncc(F)cc45)nc32)C1. The Morgan fingerprint density at radius 1 is 1.10 bits per heavy atom. The number of pyridine rings is 1. The summed E-state index contributed by atoms with van der Waals surface area (Å²) in [4.78, 5) is 29.3. The number of halogens is 1. The lowest BCUT2D eigenvalue weighted by Crippen LogP contribution is -2.21. The summed E-state index contributed by atoms with van der Waals surface area (Å²) in [7, 11) is 0. The van der Waals surface area contributed by atoms with Crippen molar-refractivity contribution in [2.75, 3.05) is 39.6 Å². The van der Waals surface area contributed by atoms with Crippen molar-refractivity contribution in [1.82, 2.24) is 24.5 Å². The Hall–Kier alpha value is -3.21. The van der Waals surface area contributed by atoms with E-state index in [1.807, 2.05) is 19.2 Å². The number of fused-ring (bicyclic) bond motifs is 2. The minimum absolute atomic E-state index is 0.278. The summed E-state index contributed by atoms with van der Waals surface area (Å²) in [5.41, 5.74) is 2.19. The van der Waals surface area contributed by atoms with Gasteiger partial charge in [0.05, 0.1) is 32.6 Å². The first-order valence-corrected chi connectivity index (χ1v) is 14.3. The largest absolute Gasteiger partial charge is 0.379 e. The molecule has 0 amide bonds. The van der Waals surface area contributed by atoms with Gasteiger partial charge < -0.3 is 23.8 Å². The highest BCUT2D eigenvalue weighted by Gasteiger charge is 2.26. The number of nitrogens with one attached hydrogen (secondary N) is 1. The molecule has 0 radical (unpaired) electrons. The molecule has 4 aromatic heterocycles. The number of hydrogen-bond donors (Lipinski definition) is 1. The summed E-state index contributed by atoms with van der Waals surface area (Å²) in [6.45, 7) is 5.49. The third-order valence-electron chi connectivity index (χ3n) is 7.55. The molecule has 9 nitrogen and oxygen atoms in total. The van der Waals surface area contributed by atoms with Crippen molar-refractivity contribution in [3.63, 3.8) is 0 Å². The quantitative estimate of drug-likeness (QED) is 0.190. The molecule has 2 atom stereocenters. The number of rotatable bonds is 15. The number of carbonyl (C=O) groups excluding carboxylic acids is 1. The summed E-state index contributed by atoms with van der Waals surface area (Å²) in [6.07, 6.45) is 12.9. The predicted molar refractivity (Wildman–Crippen MR) is 151 cm³/mol. The van der Waals surface area contributed by atoms with E-state index in [2.05, 4.69) is 25.7 Å². The third-order valence-corrected chi connectivity index (χ3v) is 7.55. The second kappa shape index (κ2) is 13.9. The summed E-state index contributed by atoms with van der Waals surface area (Å²) in [5, 5.41) is 1.62. The number of nitrogens with zero attached hydrogens (tertiary/aromatic N) is 4. The number of carbonyl (C=O) groups is 1. The van der Waals surface area contributed by atoms with Gasteiger partial charge in [-0.25, -0.2) is 19.3 Å². The van der Waals surface area contributed by atoms with Gasteiger partial charge in [-0.05, 0) is 50.7 Å². The normalized spacial score (nSPS) is 17.6. The summed E-state index contributed by atoms with van der Waals surface area (Å²) < 4.78 is 32.3. The third kappa shape index (κ3) is 7.10. The molecule has 0 unspecified atom stereocenters. The van der Waals surface area contributed by atoms with Gasteiger partial charge in [0.1, 0.15) is 22.9 Å². The first-order valence-electron chi connectivity index (χ1n) is 14.3. The number of ether oxygens (including phenoxy) is 3. The van der Waals surface area contributed by atoms with E-state index in [9.17, 15) is 9.18 Å². The predicted octanol–water partition coefficient (Wildman–Crippen LogP) is 5.65. The van der Waals surface area contributed by atoms with Crippen LogP contribution in [0, 0.1) is 11.7 Å². The topological polar surface area (TPSA) is 104 Å². The molecule has 1 aliphatic carbocycles. The van der Waals surface area contributed by atoms with Gasteiger partial charge in [-0.15, -0.1) is 0 Å². The van der Waals surface area contributed by atoms with Crippen LogP contribution in [0.3, 0.4) is 0 Å². The monoisotopic (exact) mass is 551 g/mol. The second-order valence-corrected chi connectivity index (χ2v) is 10.4. The van der Waals surface area contributed by atoms with Crippen LogP contribution in [-0.2, 0) is 19.0 Å². The van der Waals surface area contributed by atoms with E-state index >= 15 is 0 Å². The van der Waals surface area contributed by atoms with Gasteiger partial charge in [-0.3, -0.25) is 4.79 Å². The van der Waals surface area contributed by atoms with Crippen LogP contribution in [0.5, 0.6) is 0 Å². The van der Waals surface area contributed by atoms with Crippen LogP contribution in [0.25, 0.3) is 33.5 Å². The number of ketones is 1. The van der Waals surface area contributed by atoms with Crippen molar-refractivity contribution in [3.8, 4) is 11.4 Å². The summed E-state index contributed by atoms with van der Waals surface area (Å²) in [5.74, 6) is 0.816. The van der Waals surface area contributed by atoms with E-state index in [0.717, 1.165) is 48.7 Å². The Balaban J connectivity index is 1.13. The zero-order valence-corrected chi connectivity index (χ0v) is 23.1. The van der Waals surface area contributed by atoms with Gasteiger partial charge in [0.25, 0.3) is 0 Å². The molecular weight excluding hydrogens is 513 g/mol. The van der Waals surface area contributed by atoms with Crippen LogP contribution in [0.15, 0.2) is 36.9 Å². The number of Topliss-reactive ketones (excluding diaryl/α,β-unsaturated/α-hetero) is 1. The highest BCUT2D eigenvalue weighted by Crippen LogP contribution is 2.37. The highest BCUT2D eigenvalue weighted by atomic mass is 19.1. The van der Waals surface area contributed by atoms with E-state index in [-0.39, 0.29) is 6.04 Å². The Morgan fingerprint density at radius 3 is 2.77 bits per heavy atom. The van der Waals surface area contributed by atoms with Crippen LogP contribution in [0.1, 0.15) is 57.9 Å². The lowest BCUT2D eigenvalue weighted by Gasteiger charge is -2.30. The Bertz CT molecular complexity index is 1400. The Kier molecular flexibility index (Phi) is 9.85. The van der Waals surface area contributed by atoms with Gasteiger partial charge in [-0.2, -0.15) is 0 Å². The van der Waals surface area contributed by atoms with Crippen molar-refractivity contribution in [1.29, 1.82) is 0 Å². The molecule has 10 heteroatoms. The van der Waals surface area contributed by atoms with Gasteiger partial charge in [0, 0.05) is 67.0 Å². The summed E-state index contributed by atoms with van der Waals surface area (Å²) in [6, 6.07) is 3.77. The maximum Gasteiger partial charge on any atom is 0.163 e. The van der Waals surface area contributed by atoms with Gasteiger partial charge in [0.2, 0.25) is 0 Å². The zero-order valence-electron chi connectivity index (χ0n) is 23.1. The lowest BCUT2D eigenvalue weighted by atomic mass is 9.82. The molecule has 214 valence electrons. The maximum atomic E-state index is 13.9. The highest BCUT2D eigenvalue weighted by molar-refractivity contribution is 5.92. The number of aromatic amines is 1. The number of aromatic nitrogens is 5. The van der Waals surface area contributed by atoms with E-state index in [4.69, 9.17) is 19.2 Å². The van der Waals surface area contributed by atoms with Crippen LogP contribution < -0.4 is 0 Å². The molecule has 0 bridgehead atoms. The Labute approximate surface area is 233 Å². The first kappa shape index (κ1) is 28.3. The van der Waals surface area contributed by atoms with Crippen LogP contribution in [-0.4, -0.2) is 69.9 Å². The van der Waals surface area contributed by atoms with Crippen molar-refractivity contribution in [2.24, 2.45) is 5.92 Å². The van der Waals surface area contributed by atoms with E-state index in [1.54, 1.807) is 6.20 Å². The molecule has 5 rings (SSSR count). The standard InChI is InChI=1S/C30H38FN5O4/c1-2-38-11-12-40-14-13-39-10-4-7-25(37)16-21-5-3-6-24(15-21)36-9-8-22-18-32-29(35-30(22)36)27-20-34-28-26(27)17-23(31)19-33-28/h8-9,17-21,24H,2-7,10-16H2,1H3,(H,33,34)/t21-,24+/m0/s1. The minimum Gasteiger partial charge on any atom is -0.379 e. The number of H-pyrrole nitrogens is 1. The second-order valence-electron chi connectivity index (χ2n) is 10.4. The van der Waals surface area contributed by atoms with Gasteiger partial charge >= 0.3 is 0 Å². The Morgan fingerprint density at radius 2 is 1.93 bits per heavy atom. The number of hydrogen-bond acceptors (Lipinski definition) is 7. The fraction of sp³-hybridized carbons (Fsp3) is 0.533. The molecule has 0 aromatic carbocycles. The molecule has 1 N–H and O–H groups in total. The molecule has 0 aliphatic heterocycles. The van der Waals surface area contributed by atoms with Gasteiger partial charge in [0.15, 0.2) is 5.82 Å². The van der Waals surface area contributed by atoms with E-state index in [1.165, 1.54) is 12.3 Å². The maximum absolute atomic E-state index is 13.9. The van der Waals surface area contributed by atoms with Crippen molar-refractivity contribution in [2.45, 2.75) is 57.9 Å². The van der Waals surface area contributed by atoms with Crippen molar-refractivity contribution < 1.29 is 23.4 Å². The molecule has 1 aliphatic rings. The minimum atomic E-state index is -0.396. The van der Waals surface area contributed by atoms with Crippen LogP contribution in [0.2, 0.25) is 0 Å². The van der Waals surface area contributed by atoms with Crippen molar-refractivity contribution in [3.05, 3.63) is 42.7 Å². The fourth-order valence-electron chi connectivity index (χ4n) is 5.61. The zero-order chi connectivity index (χ0) is 27.7. The molecule has 40 heavy (non-hydrogen) atoms. The average molecular weight is 552 g/mol. The van der Waals surface area contributed by atoms with Crippen molar-refractivity contribution >= 4 is 27.9 Å².